The van der Waals surface area contributed by atoms with Crippen LogP contribution in [0.25, 0.3) is 16.7 Å². The molecule has 0 aliphatic carbocycles. The zero-order chi connectivity index (χ0) is 9.42. The summed E-state index contributed by atoms with van der Waals surface area (Å²) in [4.78, 5) is 4.29. The number of hydrogen-bond acceptors (Lipinski definition) is 2. The molecule has 0 fully saturated rings. The van der Waals surface area contributed by atoms with Crippen LogP contribution >= 0.6 is 0 Å². The van der Waals surface area contributed by atoms with Crippen molar-refractivity contribution in [3.8, 4) is 0 Å². The molecule has 2 aromatic rings. The molecule has 0 saturated carbocycles. The number of rotatable bonds is 1. The van der Waals surface area contributed by atoms with Gasteiger partial charge in [0.1, 0.15) is 5.52 Å². The molecule has 0 spiro atoms. The van der Waals surface area contributed by atoms with Crippen LogP contribution in [-0.2, 0) is 0 Å². The Morgan fingerprint density at radius 3 is 2.92 bits per heavy atom. The monoisotopic (exact) mass is 173 g/mol. The van der Waals surface area contributed by atoms with Gasteiger partial charge in [0.05, 0.1) is 0 Å². The molecule has 2 heteroatoms. The molecule has 0 unspecified atom stereocenters. The first-order valence-corrected chi connectivity index (χ1v) is 4.20. The molecule has 2 rings (SSSR count). The molecule has 0 aliphatic rings. The van der Waals surface area contributed by atoms with Crippen LogP contribution in [0.4, 0.5) is 0 Å². The molecule has 66 valence electrons. The minimum absolute atomic E-state index is 0.626. The van der Waals surface area contributed by atoms with Crippen LogP contribution in [0.5, 0.6) is 0 Å². The summed E-state index contributed by atoms with van der Waals surface area (Å²) >= 11 is 0. The van der Waals surface area contributed by atoms with E-state index in [1.807, 2.05) is 32.0 Å². The van der Waals surface area contributed by atoms with Gasteiger partial charge in [-0.15, -0.1) is 0 Å². The van der Waals surface area contributed by atoms with Gasteiger partial charge in [-0.3, -0.25) is 0 Å². The Kier molecular flexibility index (Phi) is 1.69. The minimum Gasteiger partial charge on any atom is -0.436 e. The van der Waals surface area contributed by atoms with E-state index < -0.39 is 0 Å². The predicted octanol–water partition coefficient (Wildman–Crippen LogP) is 3.17. The third-order valence-corrected chi connectivity index (χ3v) is 1.91. The van der Waals surface area contributed by atoms with Crippen molar-refractivity contribution in [2.24, 2.45) is 0 Å². The fourth-order valence-electron chi connectivity index (χ4n) is 1.21. The van der Waals surface area contributed by atoms with E-state index in [2.05, 4.69) is 11.6 Å². The molecule has 0 N–H and O–H groups in total. The van der Waals surface area contributed by atoms with Crippen molar-refractivity contribution in [2.45, 2.75) is 13.8 Å². The van der Waals surface area contributed by atoms with E-state index in [-0.39, 0.29) is 0 Å². The number of oxazole rings is 1. The fraction of sp³-hybridized carbons (Fsp3) is 0.182. The lowest BCUT2D eigenvalue weighted by Crippen LogP contribution is -1.74. The highest BCUT2D eigenvalue weighted by atomic mass is 16.3. The van der Waals surface area contributed by atoms with Crippen molar-refractivity contribution >= 4 is 16.7 Å². The van der Waals surface area contributed by atoms with Crippen molar-refractivity contribution in [3.05, 3.63) is 36.2 Å². The van der Waals surface area contributed by atoms with Crippen molar-refractivity contribution in [1.29, 1.82) is 0 Å². The maximum absolute atomic E-state index is 5.50. The van der Waals surface area contributed by atoms with Gasteiger partial charge in [0, 0.05) is 5.57 Å². The number of nitrogens with zero attached hydrogens (tertiary/aromatic N) is 1. The quantitative estimate of drug-likeness (QED) is 0.662. The Balaban J connectivity index is 2.68. The molecule has 0 bridgehead atoms. The summed E-state index contributed by atoms with van der Waals surface area (Å²) in [7, 11) is 0. The molecule has 1 aromatic heterocycles. The van der Waals surface area contributed by atoms with Crippen LogP contribution in [0.3, 0.4) is 0 Å². The molecule has 13 heavy (non-hydrogen) atoms. The molecular weight excluding hydrogens is 162 g/mol. The van der Waals surface area contributed by atoms with Gasteiger partial charge in [-0.25, -0.2) is 4.98 Å². The molecule has 1 aromatic carbocycles. The SMILES string of the molecule is C=C(C)c1nc2ccc(C)cc2o1. The minimum atomic E-state index is 0.626. The Labute approximate surface area is 76.9 Å². The summed E-state index contributed by atoms with van der Waals surface area (Å²) in [5, 5.41) is 0. The van der Waals surface area contributed by atoms with Gasteiger partial charge >= 0.3 is 0 Å². The summed E-state index contributed by atoms with van der Waals surface area (Å²) in [5.74, 6) is 0.626. The fourth-order valence-corrected chi connectivity index (χ4v) is 1.21. The van der Waals surface area contributed by atoms with Crippen molar-refractivity contribution < 1.29 is 4.42 Å². The molecule has 0 radical (unpaired) electrons. The lowest BCUT2D eigenvalue weighted by Gasteiger charge is -1.88. The second-order valence-electron chi connectivity index (χ2n) is 3.27. The summed E-state index contributed by atoms with van der Waals surface area (Å²) in [6.07, 6.45) is 0. The third-order valence-electron chi connectivity index (χ3n) is 1.91. The van der Waals surface area contributed by atoms with Crippen LogP contribution < -0.4 is 0 Å². The van der Waals surface area contributed by atoms with Crippen LogP contribution in [0, 0.1) is 6.92 Å². The first kappa shape index (κ1) is 8.05. The highest BCUT2D eigenvalue weighted by Crippen LogP contribution is 2.20. The number of fused-ring (bicyclic) bond motifs is 1. The van der Waals surface area contributed by atoms with Gasteiger partial charge in [-0.2, -0.15) is 0 Å². The van der Waals surface area contributed by atoms with E-state index in [1.54, 1.807) is 0 Å². The van der Waals surface area contributed by atoms with Gasteiger partial charge < -0.3 is 4.42 Å². The molecule has 0 saturated heterocycles. The van der Waals surface area contributed by atoms with Crippen LogP contribution in [-0.4, -0.2) is 4.98 Å². The number of allylic oxidation sites excluding steroid dienone is 1. The van der Waals surface area contributed by atoms with Gasteiger partial charge in [-0.05, 0) is 31.5 Å². The standard InChI is InChI=1S/C11H11NO/c1-7(2)11-12-9-5-4-8(3)6-10(9)13-11/h4-6H,1H2,2-3H3. The summed E-state index contributed by atoms with van der Waals surface area (Å²) < 4.78 is 5.50. The second-order valence-corrected chi connectivity index (χ2v) is 3.27. The lowest BCUT2D eigenvalue weighted by atomic mass is 10.2. The van der Waals surface area contributed by atoms with Crippen molar-refractivity contribution in [2.75, 3.05) is 0 Å². The Morgan fingerprint density at radius 2 is 2.23 bits per heavy atom. The summed E-state index contributed by atoms with van der Waals surface area (Å²) in [5.41, 5.74) is 3.76. The van der Waals surface area contributed by atoms with E-state index in [1.165, 1.54) is 5.56 Å². The first-order valence-electron chi connectivity index (χ1n) is 4.20. The Morgan fingerprint density at radius 1 is 1.46 bits per heavy atom. The van der Waals surface area contributed by atoms with Gasteiger partial charge in [0.15, 0.2) is 5.58 Å². The summed E-state index contributed by atoms with van der Waals surface area (Å²) in [6, 6.07) is 5.96. The highest BCUT2D eigenvalue weighted by molar-refractivity contribution is 5.75. The van der Waals surface area contributed by atoms with Crippen LogP contribution in [0.1, 0.15) is 18.4 Å². The zero-order valence-corrected chi connectivity index (χ0v) is 7.79. The number of aromatic nitrogens is 1. The zero-order valence-electron chi connectivity index (χ0n) is 7.79. The number of benzene rings is 1. The second kappa shape index (κ2) is 2.73. The third kappa shape index (κ3) is 1.35. The lowest BCUT2D eigenvalue weighted by molar-refractivity contribution is 0.584. The number of hydrogen-bond donors (Lipinski definition) is 0. The maximum Gasteiger partial charge on any atom is 0.222 e. The molecule has 2 nitrogen and oxygen atoms in total. The first-order chi connectivity index (χ1) is 6.16. The van der Waals surface area contributed by atoms with Gasteiger partial charge in [0.25, 0.3) is 0 Å². The van der Waals surface area contributed by atoms with Crippen LogP contribution in [0.2, 0.25) is 0 Å². The molecular formula is C11H11NO. The van der Waals surface area contributed by atoms with Gasteiger partial charge in [-0.1, -0.05) is 12.6 Å². The Hall–Kier alpha value is -1.57. The average molecular weight is 173 g/mol. The Bertz CT molecular complexity index is 468. The maximum atomic E-state index is 5.50. The van der Waals surface area contributed by atoms with Gasteiger partial charge in [0.2, 0.25) is 5.89 Å². The molecule has 1 heterocycles. The largest absolute Gasteiger partial charge is 0.436 e. The van der Waals surface area contributed by atoms with Crippen molar-refractivity contribution in [1.82, 2.24) is 4.98 Å². The van der Waals surface area contributed by atoms with E-state index >= 15 is 0 Å². The topological polar surface area (TPSA) is 26.0 Å². The van der Waals surface area contributed by atoms with E-state index in [0.717, 1.165) is 16.7 Å². The van der Waals surface area contributed by atoms with E-state index in [0.29, 0.717) is 5.89 Å². The smallest absolute Gasteiger partial charge is 0.222 e. The average Bonchev–Trinajstić information content (AvgIpc) is 2.46. The van der Waals surface area contributed by atoms with Crippen molar-refractivity contribution in [3.63, 3.8) is 0 Å². The predicted molar refractivity (Wildman–Crippen MR) is 53.5 cm³/mol. The van der Waals surface area contributed by atoms with E-state index in [9.17, 15) is 0 Å². The molecule has 0 amide bonds. The van der Waals surface area contributed by atoms with Crippen LogP contribution in [0.15, 0.2) is 29.2 Å². The molecule has 0 atom stereocenters. The number of aryl methyl sites for hydroxylation is 1. The normalized spacial score (nSPS) is 10.6. The molecule has 0 aliphatic heterocycles. The van der Waals surface area contributed by atoms with E-state index in [4.69, 9.17) is 4.42 Å². The summed E-state index contributed by atoms with van der Waals surface area (Å²) in [6.45, 7) is 7.70. The highest BCUT2D eigenvalue weighted by Gasteiger charge is 2.04.